The van der Waals surface area contributed by atoms with Gasteiger partial charge in [-0.25, -0.2) is 0 Å². The maximum Gasteiger partial charge on any atom is 0.257 e. The van der Waals surface area contributed by atoms with Crippen LogP contribution in [0.1, 0.15) is 36.5 Å². The van der Waals surface area contributed by atoms with E-state index in [1.54, 1.807) is 12.3 Å². The van der Waals surface area contributed by atoms with Crippen molar-refractivity contribution in [3.63, 3.8) is 0 Å². The largest absolute Gasteiger partial charge is 0.505 e. The highest BCUT2D eigenvalue weighted by atomic mass is 16.3. The molecular formula is C15H23N3O2. The second-order valence-electron chi connectivity index (χ2n) is 5.34. The van der Waals surface area contributed by atoms with Crippen LogP contribution >= 0.6 is 0 Å². The molecule has 2 heterocycles. The average molecular weight is 277 g/mol. The summed E-state index contributed by atoms with van der Waals surface area (Å²) in [4.78, 5) is 18.2. The third kappa shape index (κ3) is 3.70. The molecule has 1 amide bonds. The fourth-order valence-corrected chi connectivity index (χ4v) is 2.66. The second-order valence-corrected chi connectivity index (χ2v) is 5.34. The molecule has 0 aromatic carbocycles. The summed E-state index contributed by atoms with van der Waals surface area (Å²) in [5, 5.41) is 13.1. The van der Waals surface area contributed by atoms with Gasteiger partial charge in [-0.05, 0) is 44.3 Å². The van der Waals surface area contributed by atoms with Crippen molar-refractivity contribution < 1.29 is 9.90 Å². The lowest BCUT2D eigenvalue weighted by Crippen LogP contribution is -2.39. The molecule has 1 aromatic rings. The molecule has 0 saturated carbocycles. The Bertz CT molecular complexity index is 444. The summed E-state index contributed by atoms with van der Waals surface area (Å²) in [7, 11) is 0. The lowest BCUT2D eigenvalue weighted by atomic mass is 9.97. The van der Waals surface area contributed by atoms with Gasteiger partial charge in [-0.2, -0.15) is 0 Å². The van der Waals surface area contributed by atoms with Crippen molar-refractivity contribution in [2.45, 2.75) is 26.2 Å². The van der Waals surface area contributed by atoms with Crippen LogP contribution in [0.2, 0.25) is 0 Å². The molecule has 0 spiro atoms. The number of rotatable bonds is 5. The van der Waals surface area contributed by atoms with E-state index in [4.69, 9.17) is 0 Å². The molecule has 0 radical (unpaired) electrons. The Labute approximate surface area is 120 Å². The van der Waals surface area contributed by atoms with Crippen molar-refractivity contribution in [3.8, 4) is 5.75 Å². The molecule has 0 atom stereocenters. The molecule has 1 aliphatic rings. The SMILES string of the molecule is CCCN(CC1CCNCC1)C(=O)c1ccncc1O. The zero-order valence-corrected chi connectivity index (χ0v) is 12.0. The molecule has 5 heteroatoms. The fourth-order valence-electron chi connectivity index (χ4n) is 2.66. The molecule has 0 bridgehead atoms. The summed E-state index contributed by atoms with van der Waals surface area (Å²) in [5.41, 5.74) is 0.349. The number of amides is 1. The zero-order chi connectivity index (χ0) is 14.4. The van der Waals surface area contributed by atoms with E-state index in [2.05, 4.69) is 17.2 Å². The van der Waals surface area contributed by atoms with Crippen LogP contribution in [0.5, 0.6) is 5.75 Å². The van der Waals surface area contributed by atoms with Crippen LogP contribution in [0, 0.1) is 5.92 Å². The number of piperidine rings is 1. The smallest absolute Gasteiger partial charge is 0.257 e. The summed E-state index contributed by atoms with van der Waals surface area (Å²) < 4.78 is 0. The van der Waals surface area contributed by atoms with Crippen molar-refractivity contribution in [2.24, 2.45) is 5.92 Å². The third-order valence-electron chi connectivity index (χ3n) is 3.75. The number of aromatic nitrogens is 1. The topological polar surface area (TPSA) is 65.5 Å². The van der Waals surface area contributed by atoms with Gasteiger partial charge in [-0.15, -0.1) is 0 Å². The average Bonchev–Trinajstić information content (AvgIpc) is 2.48. The van der Waals surface area contributed by atoms with Gasteiger partial charge in [0, 0.05) is 19.3 Å². The standard InChI is InChI=1S/C15H23N3O2/c1-2-9-18(11-12-3-6-16-7-4-12)15(20)13-5-8-17-10-14(13)19/h5,8,10,12,16,19H,2-4,6-7,9,11H2,1H3. The molecule has 5 nitrogen and oxygen atoms in total. The van der Waals surface area contributed by atoms with Gasteiger partial charge in [0.1, 0.15) is 5.75 Å². The Hall–Kier alpha value is -1.62. The van der Waals surface area contributed by atoms with E-state index in [9.17, 15) is 9.90 Å². The van der Waals surface area contributed by atoms with Crippen LogP contribution in [0.4, 0.5) is 0 Å². The maximum absolute atomic E-state index is 12.6. The predicted molar refractivity (Wildman–Crippen MR) is 77.7 cm³/mol. The summed E-state index contributed by atoms with van der Waals surface area (Å²) >= 11 is 0. The number of carbonyl (C=O) groups is 1. The van der Waals surface area contributed by atoms with Crippen LogP contribution in [-0.2, 0) is 0 Å². The first kappa shape index (κ1) is 14.8. The van der Waals surface area contributed by atoms with Gasteiger partial charge in [0.15, 0.2) is 0 Å². The molecule has 20 heavy (non-hydrogen) atoms. The number of nitrogens with one attached hydrogen (secondary N) is 1. The minimum Gasteiger partial charge on any atom is -0.505 e. The molecule has 1 aromatic heterocycles. The number of carbonyl (C=O) groups excluding carboxylic acids is 1. The molecule has 0 unspecified atom stereocenters. The monoisotopic (exact) mass is 277 g/mol. The van der Waals surface area contributed by atoms with Gasteiger partial charge < -0.3 is 15.3 Å². The molecule has 2 N–H and O–H groups in total. The molecule has 1 aliphatic heterocycles. The molecular weight excluding hydrogens is 254 g/mol. The number of hydrogen-bond donors (Lipinski definition) is 2. The van der Waals surface area contributed by atoms with Gasteiger partial charge in [0.25, 0.3) is 5.91 Å². The first-order valence-corrected chi connectivity index (χ1v) is 7.35. The number of pyridine rings is 1. The highest BCUT2D eigenvalue weighted by molar-refractivity contribution is 5.96. The highest BCUT2D eigenvalue weighted by Crippen LogP contribution is 2.20. The Morgan fingerprint density at radius 1 is 1.50 bits per heavy atom. The number of aromatic hydroxyl groups is 1. The van der Waals surface area contributed by atoms with Gasteiger partial charge in [0.2, 0.25) is 0 Å². The van der Waals surface area contributed by atoms with Crippen LogP contribution in [0.3, 0.4) is 0 Å². The van der Waals surface area contributed by atoms with Crippen LogP contribution in [0.25, 0.3) is 0 Å². The van der Waals surface area contributed by atoms with E-state index in [1.165, 1.54) is 6.20 Å². The van der Waals surface area contributed by atoms with E-state index in [-0.39, 0.29) is 11.7 Å². The van der Waals surface area contributed by atoms with E-state index < -0.39 is 0 Å². The van der Waals surface area contributed by atoms with Crippen molar-refractivity contribution >= 4 is 5.91 Å². The van der Waals surface area contributed by atoms with E-state index in [0.717, 1.165) is 45.4 Å². The quantitative estimate of drug-likeness (QED) is 0.858. The summed E-state index contributed by atoms with van der Waals surface area (Å²) in [6.07, 6.45) is 6.00. The molecule has 2 rings (SSSR count). The molecule has 1 fully saturated rings. The van der Waals surface area contributed by atoms with Crippen LogP contribution in [0.15, 0.2) is 18.5 Å². The Kier molecular flexibility index (Phi) is 5.35. The van der Waals surface area contributed by atoms with E-state index in [0.29, 0.717) is 11.5 Å². The second kappa shape index (κ2) is 7.24. The minimum absolute atomic E-state index is 0.0380. The van der Waals surface area contributed by atoms with Crippen molar-refractivity contribution in [1.29, 1.82) is 0 Å². The third-order valence-corrected chi connectivity index (χ3v) is 3.75. The number of nitrogens with zero attached hydrogens (tertiary/aromatic N) is 2. The summed E-state index contributed by atoms with van der Waals surface area (Å²) in [6.45, 7) is 5.62. The molecule has 110 valence electrons. The first-order chi connectivity index (χ1) is 9.72. The first-order valence-electron chi connectivity index (χ1n) is 7.35. The van der Waals surface area contributed by atoms with Gasteiger partial charge >= 0.3 is 0 Å². The molecule has 1 saturated heterocycles. The Balaban J connectivity index is 2.07. The van der Waals surface area contributed by atoms with Crippen molar-refractivity contribution in [2.75, 3.05) is 26.2 Å². The highest BCUT2D eigenvalue weighted by Gasteiger charge is 2.22. The van der Waals surface area contributed by atoms with Crippen LogP contribution < -0.4 is 5.32 Å². The summed E-state index contributed by atoms with van der Waals surface area (Å²) in [6, 6.07) is 1.59. The zero-order valence-electron chi connectivity index (χ0n) is 12.0. The number of hydrogen-bond acceptors (Lipinski definition) is 4. The van der Waals surface area contributed by atoms with E-state index >= 15 is 0 Å². The lowest BCUT2D eigenvalue weighted by Gasteiger charge is -2.30. The molecule has 0 aliphatic carbocycles. The Morgan fingerprint density at radius 2 is 2.25 bits per heavy atom. The minimum atomic E-state index is -0.0923. The summed E-state index contributed by atoms with van der Waals surface area (Å²) in [5.74, 6) is 0.421. The fraction of sp³-hybridized carbons (Fsp3) is 0.600. The lowest BCUT2D eigenvalue weighted by molar-refractivity contribution is 0.0713. The van der Waals surface area contributed by atoms with Crippen molar-refractivity contribution in [3.05, 3.63) is 24.0 Å². The van der Waals surface area contributed by atoms with Crippen LogP contribution in [-0.4, -0.2) is 47.1 Å². The van der Waals surface area contributed by atoms with Gasteiger partial charge in [0.05, 0.1) is 11.8 Å². The van der Waals surface area contributed by atoms with Crippen molar-refractivity contribution in [1.82, 2.24) is 15.2 Å². The van der Waals surface area contributed by atoms with Gasteiger partial charge in [-0.1, -0.05) is 6.92 Å². The maximum atomic E-state index is 12.6. The van der Waals surface area contributed by atoms with Gasteiger partial charge in [-0.3, -0.25) is 9.78 Å². The predicted octanol–water partition coefficient (Wildman–Crippen LogP) is 1.64. The Morgan fingerprint density at radius 3 is 2.90 bits per heavy atom. The normalized spacial score (nSPS) is 16.1. The van der Waals surface area contributed by atoms with E-state index in [1.807, 2.05) is 4.90 Å².